The number of benzene rings is 5. The third-order valence-corrected chi connectivity index (χ3v) is 9.89. The molecule has 2 aliphatic carbocycles. The van der Waals surface area contributed by atoms with Crippen LogP contribution in [0.5, 0.6) is 0 Å². The Morgan fingerprint density at radius 1 is 0.711 bits per heavy atom. The zero-order valence-electron chi connectivity index (χ0n) is 25.1. The largest absolute Gasteiger partial charge is 0.484 e. The van der Waals surface area contributed by atoms with Crippen molar-refractivity contribution in [2.45, 2.75) is 25.7 Å². The quantitative estimate of drug-likeness (QED) is 0.204. The Balaban J connectivity index is 1.30. The fraction of sp³-hybridized carbons (Fsp3) is 0.100. The monoisotopic (exact) mass is 583 g/mol. The zero-order valence-corrected chi connectivity index (χ0v) is 25.1. The van der Waals surface area contributed by atoms with Crippen LogP contribution in [0.3, 0.4) is 0 Å². The summed E-state index contributed by atoms with van der Waals surface area (Å²) < 4.78 is 8.90. The summed E-state index contributed by atoms with van der Waals surface area (Å²) in [5, 5.41) is 23.2. The van der Waals surface area contributed by atoms with Gasteiger partial charge in [-0.15, -0.1) is 0 Å². The summed E-state index contributed by atoms with van der Waals surface area (Å²) in [6.45, 7) is 4.66. The Bertz CT molecular complexity index is 2410. The minimum atomic E-state index is -1.52. The highest BCUT2D eigenvalue weighted by molar-refractivity contribution is 6.50. The second-order valence-electron chi connectivity index (χ2n) is 12.8. The number of rotatable bonds is 3. The Hall–Kier alpha value is -5.10. The van der Waals surface area contributed by atoms with Gasteiger partial charge in [-0.05, 0) is 69.7 Å². The molecular weight excluding hydrogens is 553 g/mol. The molecule has 0 spiro atoms. The van der Waals surface area contributed by atoms with Gasteiger partial charge < -0.3 is 19.0 Å². The van der Waals surface area contributed by atoms with Crippen LogP contribution in [0.1, 0.15) is 36.3 Å². The first-order valence-electron chi connectivity index (χ1n) is 15.5. The molecule has 9 rings (SSSR count). The molecule has 0 unspecified atom stereocenters. The average Bonchev–Trinajstić information content (AvgIpc) is 3.57. The molecule has 0 saturated carbocycles. The van der Waals surface area contributed by atoms with Crippen LogP contribution in [0.25, 0.3) is 66.8 Å². The van der Waals surface area contributed by atoms with Crippen molar-refractivity contribution in [1.82, 2.24) is 4.57 Å². The number of hydrogen-bond donors (Lipinski definition) is 2. The van der Waals surface area contributed by atoms with E-state index < -0.39 is 7.12 Å². The first-order valence-corrected chi connectivity index (χ1v) is 15.5. The van der Waals surface area contributed by atoms with Crippen LogP contribution >= 0.6 is 0 Å². The van der Waals surface area contributed by atoms with E-state index in [-0.39, 0.29) is 5.41 Å². The fourth-order valence-electron chi connectivity index (χ4n) is 7.65. The highest BCUT2D eigenvalue weighted by Crippen LogP contribution is 2.51. The van der Waals surface area contributed by atoms with Crippen molar-refractivity contribution in [3.63, 3.8) is 0 Å². The number of nitrogens with zero attached hydrogens (tertiary/aromatic N) is 1. The molecule has 2 aromatic heterocycles. The summed E-state index contributed by atoms with van der Waals surface area (Å²) in [6.07, 6.45) is 5.96. The second kappa shape index (κ2) is 9.45. The van der Waals surface area contributed by atoms with Crippen LogP contribution in [-0.2, 0) is 11.8 Å². The Labute approximate surface area is 261 Å². The lowest BCUT2D eigenvalue weighted by molar-refractivity contribution is 0.415. The average molecular weight is 583 g/mol. The van der Waals surface area contributed by atoms with E-state index in [1.165, 1.54) is 38.5 Å². The van der Waals surface area contributed by atoms with E-state index >= 15 is 0 Å². The summed E-state index contributed by atoms with van der Waals surface area (Å²) in [6, 6.07) is 37.2. The zero-order chi connectivity index (χ0) is 30.4. The van der Waals surface area contributed by atoms with E-state index in [0.29, 0.717) is 11.9 Å². The van der Waals surface area contributed by atoms with Crippen LogP contribution in [0.4, 0.5) is 0 Å². The van der Waals surface area contributed by atoms with Crippen LogP contribution in [0.2, 0.25) is 0 Å². The predicted molar refractivity (Wildman–Crippen MR) is 185 cm³/mol. The normalized spacial score (nSPS) is 14.8. The molecule has 0 atom stereocenters. The first-order chi connectivity index (χ1) is 21.9. The standard InChI is InChI=1S/C40H30BNO3/c1-40(2)34-17-7-6-13-28(34)31-23-37-33(22-35(31)40)32-20-24(18-19-36(32)42(37)26-11-4-3-5-12-26)27-14-9-16-30-29-15-8-10-25(41(43)44)21-38(29)45-39(27)30/h3-20,22-23,43-44H,21H2,1-2H3. The highest BCUT2D eigenvalue weighted by atomic mass is 16.4. The Morgan fingerprint density at radius 2 is 1.49 bits per heavy atom. The van der Waals surface area contributed by atoms with Crippen molar-refractivity contribution in [3.8, 4) is 27.9 Å². The summed E-state index contributed by atoms with van der Waals surface area (Å²) in [5.74, 6) is 0.740. The smallest absolute Gasteiger partial charge is 0.459 e. The third kappa shape index (κ3) is 3.75. The van der Waals surface area contributed by atoms with E-state index in [1.807, 2.05) is 12.2 Å². The minimum absolute atomic E-state index is 0.0978. The van der Waals surface area contributed by atoms with Crippen molar-refractivity contribution >= 4 is 46.0 Å². The maximum atomic E-state index is 9.86. The summed E-state index contributed by atoms with van der Waals surface area (Å²) >= 11 is 0. The maximum Gasteiger partial charge on any atom is 0.484 e. The van der Waals surface area contributed by atoms with Gasteiger partial charge in [0.25, 0.3) is 0 Å². The lowest BCUT2D eigenvalue weighted by Gasteiger charge is -2.21. The molecule has 0 saturated heterocycles. The first kappa shape index (κ1) is 26.3. The van der Waals surface area contributed by atoms with Crippen LogP contribution < -0.4 is 0 Å². The predicted octanol–water partition coefficient (Wildman–Crippen LogP) is 9.01. The van der Waals surface area contributed by atoms with Gasteiger partial charge in [0.05, 0.1) is 11.0 Å². The second-order valence-corrected chi connectivity index (χ2v) is 12.8. The molecule has 5 heteroatoms. The maximum absolute atomic E-state index is 9.86. The topological polar surface area (TPSA) is 58.5 Å². The number of fused-ring (bicyclic) bond motifs is 9. The summed E-state index contributed by atoms with van der Waals surface area (Å²) in [7, 11) is -1.52. The van der Waals surface area contributed by atoms with E-state index in [9.17, 15) is 10.0 Å². The SMILES string of the molecule is CC1(C)c2ccccc2-c2cc3c(cc21)c1cc(-c2cccc4c5c(oc24)CC(B(O)O)=CC=C5)ccc1n3-c1ccccc1. The molecule has 4 nitrogen and oxygen atoms in total. The van der Waals surface area contributed by atoms with Crippen molar-refractivity contribution < 1.29 is 14.5 Å². The summed E-state index contributed by atoms with van der Waals surface area (Å²) in [5.41, 5.74) is 13.1. The molecule has 7 aromatic rings. The van der Waals surface area contributed by atoms with Crippen LogP contribution in [0.15, 0.2) is 125 Å². The van der Waals surface area contributed by atoms with Gasteiger partial charge in [0.2, 0.25) is 0 Å². The van der Waals surface area contributed by atoms with E-state index in [0.717, 1.165) is 44.6 Å². The molecule has 2 heterocycles. The van der Waals surface area contributed by atoms with E-state index in [2.05, 4.69) is 122 Å². The lowest BCUT2D eigenvalue weighted by Crippen LogP contribution is -2.16. The lowest BCUT2D eigenvalue weighted by atomic mass is 9.77. The third-order valence-electron chi connectivity index (χ3n) is 9.89. The van der Waals surface area contributed by atoms with Crippen LogP contribution in [-0.4, -0.2) is 21.7 Å². The van der Waals surface area contributed by atoms with Gasteiger partial charge in [0.15, 0.2) is 0 Å². The van der Waals surface area contributed by atoms with Gasteiger partial charge in [-0.25, -0.2) is 0 Å². The number of allylic oxidation sites excluding steroid dienone is 3. The molecule has 216 valence electrons. The number of furan rings is 1. The molecule has 2 aliphatic rings. The molecule has 2 N–H and O–H groups in total. The van der Waals surface area contributed by atoms with E-state index in [4.69, 9.17) is 4.42 Å². The molecule has 0 amide bonds. The highest BCUT2D eigenvalue weighted by Gasteiger charge is 2.36. The van der Waals surface area contributed by atoms with Gasteiger partial charge in [0, 0.05) is 44.8 Å². The molecule has 0 aliphatic heterocycles. The van der Waals surface area contributed by atoms with Crippen molar-refractivity contribution in [2.75, 3.05) is 0 Å². The molecular formula is C40H30BNO3. The molecule has 5 aromatic carbocycles. The Morgan fingerprint density at radius 3 is 2.33 bits per heavy atom. The minimum Gasteiger partial charge on any atom is -0.459 e. The fourth-order valence-corrected chi connectivity index (χ4v) is 7.65. The molecule has 0 radical (unpaired) electrons. The van der Waals surface area contributed by atoms with Crippen LogP contribution in [0, 0.1) is 0 Å². The van der Waals surface area contributed by atoms with Crippen molar-refractivity contribution in [3.05, 3.63) is 143 Å². The van der Waals surface area contributed by atoms with Gasteiger partial charge in [-0.1, -0.05) is 98.8 Å². The van der Waals surface area contributed by atoms with Gasteiger partial charge >= 0.3 is 7.12 Å². The summed E-state index contributed by atoms with van der Waals surface area (Å²) in [4.78, 5) is 0. The molecule has 0 fully saturated rings. The number of hydrogen-bond acceptors (Lipinski definition) is 3. The van der Waals surface area contributed by atoms with Gasteiger partial charge in [-0.2, -0.15) is 0 Å². The Kier molecular flexibility index (Phi) is 5.53. The molecule has 45 heavy (non-hydrogen) atoms. The van der Waals surface area contributed by atoms with Crippen molar-refractivity contribution in [2.24, 2.45) is 0 Å². The van der Waals surface area contributed by atoms with Crippen molar-refractivity contribution in [1.29, 1.82) is 0 Å². The molecule has 0 bridgehead atoms. The van der Waals surface area contributed by atoms with Gasteiger partial charge in [0.1, 0.15) is 11.3 Å². The number of para-hydroxylation sites is 2. The van der Waals surface area contributed by atoms with Gasteiger partial charge in [-0.3, -0.25) is 0 Å². The van der Waals surface area contributed by atoms with E-state index in [1.54, 1.807) is 6.08 Å². The number of aromatic nitrogens is 1.